The van der Waals surface area contributed by atoms with E-state index in [9.17, 15) is 0 Å². The van der Waals surface area contributed by atoms with Gasteiger partial charge in [0.25, 0.3) is 0 Å². The van der Waals surface area contributed by atoms with Gasteiger partial charge in [-0.15, -0.1) is 11.8 Å². The molecule has 1 aromatic rings. The first-order valence-electron chi connectivity index (χ1n) is 4.61. The number of nitrogens with one attached hydrogen (secondary N) is 1. The van der Waals surface area contributed by atoms with E-state index >= 15 is 0 Å². The number of nitriles is 1. The zero-order chi connectivity index (χ0) is 10.1. The third-order valence-corrected chi connectivity index (χ3v) is 3.46. The van der Waals surface area contributed by atoms with Crippen molar-refractivity contribution in [2.45, 2.75) is 24.8 Å². The molecule has 0 spiro atoms. The molecule has 1 aromatic carbocycles. The van der Waals surface area contributed by atoms with Crippen molar-refractivity contribution in [1.29, 1.82) is 5.26 Å². The standard InChI is InChI=1S/C11H12N2S/c1-7-3-8(2)11-10(4-7)14-6-9(5-12)13-11/h3-4,9,13H,6H2,1-2H3. The van der Waals surface area contributed by atoms with Crippen LogP contribution in [0.4, 0.5) is 5.69 Å². The number of aryl methyl sites for hydroxylation is 2. The van der Waals surface area contributed by atoms with Crippen molar-refractivity contribution in [2.24, 2.45) is 0 Å². The van der Waals surface area contributed by atoms with Gasteiger partial charge in [0.2, 0.25) is 0 Å². The predicted octanol–water partition coefficient (Wildman–Crippen LogP) is 2.71. The summed E-state index contributed by atoms with van der Waals surface area (Å²) in [6.07, 6.45) is 0. The summed E-state index contributed by atoms with van der Waals surface area (Å²) >= 11 is 1.76. The molecule has 0 bridgehead atoms. The second kappa shape index (κ2) is 3.55. The second-order valence-corrected chi connectivity index (χ2v) is 4.65. The molecule has 3 heteroatoms. The number of fused-ring (bicyclic) bond motifs is 1. The summed E-state index contributed by atoms with van der Waals surface area (Å²) in [5.74, 6) is 0.840. The van der Waals surface area contributed by atoms with Crippen LogP contribution in [-0.2, 0) is 0 Å². The smallest absolute Gasteiger partial charge is 0.124 e. The SMILES string of the molecule is Cc1cc(C)c2c(c1)SCC(C#N)N2. The maximum absolute atomic E-state index is 8.84. The van der Waals surface area contributed by atoms with E-state index < -0.39 is 0 Å². The minimum Gasteiger partial charge on any atom is -0.368 e. The number of anilines is 1. The van der Waals surface area contributed by atoms with Crippen molar-refractivity contribution in [3.63, 3.8) is 0 Å². The van der Waals surface area contributed by atoms with E-state index in [1.165, 1.54) is 16.0 Å². The lowest BCUT2D eigenvalue weighted by molar-refractivity contribution is 0.989. The summed E-state index contributed by atoms with van der Waals surface area (Å²) in [7, 11) is 0. The van der Waals surface area contributed by atoms with Gasteiger partial charge in [-0.2, -0.15) is 5.26 Å². The monoisotopic (exact) mass is 204 g/mol. The topological polar surface area (TPSA) is 35.8 Å². The van der Waals surface area contributed by atoms with Gasteiger partial charge >= 0.3 is 0 Å². The van der Waals surface area contributed by atoms with E-state index in [1.807, 2.05) is 0 Å². The number of thioether (sulfide) groups is 1. The molecular formula is C11H12N2S. The van der Waals surface area contributed by atoms with Gasteiger partial charge < -0.3 is 5.32 Å². The first-order chi connectivity index (χ1) is 6.70. The second-order valence-electron chi connectivity index (χ2n) is 3.59. The van der Waals surface area contributed by atoms with Gasteiger partial charge in [0, 0.05) is 10.6 Å². The molecule has 1 N–H and O–H groups in total. The molecule has 0 saturated heterocycles. The average Bonchev–Trinajstić information content (AvgIpc) is 2.17. The Balaban J connectivity index is 2.43. The van der Waals surface area contributed by atoms with Gasteiger partial charge in [-0.3, -0.25) is 0 Å². The summed E-state index contributed by atoms with van der Waals surface area (Å²) < 4.78 is 0. The fraction of sp³-hybridized carbons (Fsp3) is 0.364. The molecular weight excluding hydrogens is 192 g/mol. The fourth-order valence-electron chi connectivity index (χ4n) is 1.69. The zero-order valence-corrected chi connectivity index (χ0v) is 9.11. The maximum Gasteiger partial charge on any atom is 0.124 e. The Hall–Kier alpha value is -1.14. The van der Waals surface area contributed by atoms with E-state index in [0.717, 1.165) is 11.4 Å². The summed E-state index contributed by atoms with van der Waals surface area (Å²) in [4.78, 5) is 1.27. The van der Waals surface area contributed by atoms with Crippen molar-refractivity contribution in [2.75, 3.05) is 11.1 Å². The molecule has 0 aliphatic carbocycles. The van der Waals surface area contributed by atoms with Crippen LogP contribution in [0.15, 0.2) is 17.0 Å². The molecule has 1 aliphatic rings. The number of hydrogen-bond acceptors (Lipinski definition) is 3. The lowest BCUT2D eigenvalue weighted by Crippen LogP contribution is -2.24. The molecule has 2 nitrogen and oxygen atoms in total. The summed E-state index contributed by atoms with van der Waals surface area (Å²) in [6.45, 7) is 4.18. The normalized spacial score (nSPS) is 19.4. The van der Waals surface area contributed by atoms with E-state index in [1.54, 1.807) is 11.8 Å². The van der Waals surface area contributed by atoms with Crippen LogP contribution in [0.25, 0.3) is 0 Å². The van der Waals surface area contributed by atoms with Crippen molar-refractivity contribution >= 4 is 17.4 Å². The number of rotatable bonds is 0. The molecule has 72 valence electrons. The highest BCUT2D eigenvalue weighted by Gasteiger charge is 2.19. The number of hydrogen-bond donors (Lipinski definition) is 1. The van der Waals surface area contributed by atoms with Gasteiger partial charge in [-0.25, -0.2) is 0 Å². The van der Waals surface area contributed by atoms with Crippen LogP contribution in [0.3, 0.4) is 0 Å². The largest absolute Gasteiger partial charge is 0.368 e. The van der Waals surface area contributed by atoms with Crippen LogP contribution in [-0.4, -0.2) is 11.8 Å². The van der Waals surface area contributed by atoms with Crippen LogP contribution in [0.2, 0.25) is 0 Å². The molecule has 0 amide bonds. The summed E-state index contributed by atoms with van der Waals surface area (Å²) in [6, 6.07) is 6.53. The van der Waals surface area contributed by atoms with Crippen LogP contribution in [0.1, 0.15) is 11.1 Å². The molecule has 1 aliphatic heterocycles. The highest BCUT2D eigenvalue weighted by Crippen LogP contribution is 2.36. The van der Waals surface area contributed by atoms with Crippen molar-refractivity contribution < 1.29 is 0 Å². The molecule has 1 unspecified atom stereocenters. The van der Waals surface area contributed by atoms with Crippen molar-refractivity contribution in [3.8, 4) is 6.07 Å². The quantitative estimate of drug-likeness (QED) is 0.705. The number of benzene rings is 1. The van der Waals surface area contributed by atoms with Gasteiger partial charge in [0.1, 0.15) is 6.04 Å². The molecule has 14 heavy (non-hydrogen) atoms. The van der Waals surface area contributed by atoms with Crippen LogP contribution in [0.5, 0.6) is 0 Å². The first kappa shape index (κ1) is 9.42. The van der Waals surface area contributed by atoms with Gasteiger partial charge in [-0.1, -0.05) is 6.07 Å². The Morgan fingerprint density at radius 3 is 3.00 bits per heavy atom. The Bertz CT molecular complexity index is 406. The molecule has 1 atom stereocenters. The highest BCUT2D eigenvalue weighted by molar-refractivity contribution is 7.99. The zero-order valence-electron chi connectivity index (χ0n) is 8.29. The molecule has 0 fully saturated rings. The van der Waals surface area contributed by atoms with Crippen molar-refractivity contribution in [1.82, 2.24) is 0 Å². The third-order valence-electron chi connectivity index (χ3n) is 2.32. The fourth-order valence-corrected chi connectivity index (χ4v) is 2.82. The van der Waals surface area contributed by atoms with Gasteiger partial charge in [0.05, 0.1) is 11.8 Å². The third kappa shape index (κ3) is 1.58. The minimum absolute atomic E-state index is 0.0473. The van der Waals surface area contributed by atoms with Gasteiger partial charge in [-0.05, 0) is 31.0 Å². The maximum atomic E-state index is 8.84. The Morgan fingerprint density at radius 2 is 2.29 bits per heavy atom. The molecule has 0 aromatic heterocycles. The summed E-state index contributed by atoms with van der Waals surface area (Å²) in [5, 5.41) is 12.1. The summed E-state index contributed by atoms with van der Waals surface area (Å²) in [5.41, 5.74) is 3.65. The van der Waals surface area contributed by atoms with Gasteiger partial charge in [0.15, 0.2) is 0 Å². The number of nitrogens with zero attached hydrogens (tertiary/aromatic N) is 1. The lowest BCUT2D eigenvalue weighted by atomic mass is 10.1. The van der Waals surface area contributed by atoms with E-state index in [0.29, 0.717) is 0 Å². The minimum atomic E-state index is -0.0473. The van der Waals surface area contributed by atoms with Crippen LogP contribution >= 0.6 is 11.8 Å². The first-order valence-corrected chi connectivity index (χ1v) is 5.59. The van der Waals surface area contributed by atoms with E-state index in [2.05, 4.69) is 37.4 Å². The Labute approximate surface area is 88.3 Å². The van der Waals surface area contributed by atoms with Crippen LogP contribution < -0.4 is 5.32 Å². The predicted molar refractivity (Wildman–Crippen MR) is 59.7 cm³/mol. The average molecular weight is 204 g/mol. The molecule has 1 heterocycles. The lowest BCUT2D eigenvalue weighted by Gasteiger charge is -2.23. The highest BCUT2D eigenvalue weighted by atomic mass is 32.2. The molecule has 0 saturated carbocycles. The Morgan fingerprint density at radius 1 is 1.50 bits per heavy atom. The van der Waals surface area contributed by atoms with Crippen molar-refractivity contribution in [3.05, 3.63) is 23.3 Å². The van der Waals surface area contributed by atoms with E-state index in [-0.39, 0.29) is 6.04 Å². The van der Waals surface area contributed by atoms with E-state index in [4.69, 9.17) is 5.26 Å². The van der Waals surface area contributed by atoms with Crippen LogP contribution in [0, 0.1) is 25.2 Å². The molecule has 0 radical (unpaired) electrons. The molecule has 2 rings (SSSR count). The Kier molecular flexibility index (Phi) is 2.39.